The van der Waals surface area contributed by atoms with E-state index in [9.17, 15) is 0 Å². The van der Waals surface area contributed by atoms with Gasteiger partial charge in [-0.2, -0.15) is 0 Å². The van der Waals surface area contributed by atoms with Gasteiger partial charge in [-0.1, -0.05) is 0 Å². The zero-order valence-corrected chi connectivity index (χ0v) is 10.9. The first-order valence-electron chi connectivity index (χ1n) is 3.46. The van der Waals surface area contributed by atoms with Crippen LogP contribution < -0.4 is 0 Å². The summed E-state index contributed by atoms with van der Waals surface area (Å²) in [6.07, 6.45) is 0. The lowest BCUT2D eigenvalue weighted by molar-refractivity contribution is 1.05. The van der Waals surface area contributed by atoms with Gasteiger partial charge in [0, 0.05) is 10.4 Å². The molecule has 0 aliphatic carbocycles. The lowest BCUT2D eigenvalue weighted by Gasteiger charge is -2.05. The van der Waals surface area contributed by atoms with E-state index >= 15 is 0 Å². The van der Waals surface area contributed by atoms with Crippen LogP contribution in [0.1, 0.15) is 17.0 Å². The van der Waals surface area contributed by atoms with Crippen molar-refractivity contribution in [3.8, 4) is 0 Å². The number of alkyl halides is 2. The van der Waals surface area contributed by atoms with Gasteiger partial charge in [0.1, 0.15) is 0 Å². The summed E-state index contributed by atoms with van der Waals surface area (Å²) >= 11 is 14.8. The van der Waals surface area contributed by atoms with E-state index in [0.29, 0.717) is 11.8 Å². The molecule has 0 bridgehead atoms. The Labute approximate surface area is 102 Å². The van der Waals surface area contributed by atoms with Gasteiger partial charge in [-0.15, -0.1) is 35.6 Å². The zero-order valence-electron chi connectivity index (χ0n) is 6.98. The normalized spacial score (nSPS) is 9.54. The van der Waals surface area contributed by atoms with Crippen molar-refractivity contribution in [3.05, 3.63) is 27.5 Å². The molecular weight excluding hydrogens is 296 g/mol. The number of aromatic nitrogens is 1. The lowest BCUT2D eigenvalue weighted by Crippen LogP contribution is -1.96. The highest BCUT2D eigenvalue weighted by Gasteiger charge is 2.05. The molecule has 0 saturated carbocycles. The van der Waals surface area contributed by atoms with Gasteiger partial charge in [-0.05, 0) is 34.5 Å². The van der Waals surface area contributed by atoms with Crippen LogP contribution in [0.25, 0.3) is 0 Å². The Bertz CT molecular complexity index is 262. The van der Waals surface area contributed by atoms with Gasteiger partial charge in [0.25, 0.3) is 0 Å². The summed E-state index contributed by atoms with van der Waals surface area (Å²) in [4.78, 5) is 4.30. The average molecular weight is 305 g/mol. The number of aryl methyl sites for hydroxylation is 1. The van der Waals surface area contributed by atoms with E-state index < -0.39 is 0 Å². The van der Waals surface area contributed by atoms with Crippen LogP contribution in [0.4, 0.5) is 0 Å². The van der Waals surface area contributed by atoms with Crippen molar-refractivity contribution in [2.24, 2.45) is 0 Å². The van der Waals surface area contributed by atoms with Crippen LogP contribution in [0.15, 0.2) is 10.5 Å². The van der Waals surface area contributed by atoms with E-state index in [4.69, 9.17) is 23.2 Å². The number of halogens is 4. The van der Waals surface area contributed by atoms with Crippen molar-refractivity contribution in [1.29, 1.82) is 0 Å². The van der Waals surface area contributed by atoms with Crippen LogP contribution in [-0.2, 0) is 11.8 Å². The largest absolute Gasteiger partial charge is 0.255 e. The summed E-state index contributed by atoms with van der Waals surface area (Å²) in [7, 11) is 0. The van der Waals surface area contributed by atoms with Gasteiger partial charge in [-0.3, -0.25) is 4.98 Å². The third-order valence-corrected chi connectivity index (χ3v) is 2.93. The van der Waals surface area contributed by atoms with Crippen molar-refractivity contribution in [3.63, 3.8) is 0 Å². The quantitative estimate of drug-likeness (QED) is 0.751. The molecule has 1 heterocycles. The Morgan fingerprint density at radius 2 is 2.00 bits per heavy atom. The van der Waals surface area contributed by atoms with Gasteiger partial charge in [0.05, 0.1) is 17.3 Å². The molecule has 0 fully saturated rings. The minimum Gasteiger partial charge on any atom is -0.255 e. The minimum absolute atomic E-state index is 0. The van der Waals surface area contributed by atoms with E-state index in [1.165, 1.54) is 0 Å². The molecule has 0 spiro atoms. The maximum atomic E-state index is 5.72. The third kappa shape index (κ3) is 3.28. The summed E-state index contributed by atoms with van der Waals surface area (Å²) in [5.74, 6) is 0.865. The molecule has 1 nitrogen and oxygen atoms in total. The van der Waals surface area contributed by atoms with Gasteiger partial charge in [0.15, 0.2) is 0 Å². The van der Waals surface area contributed by atoms with Crippen LogP contribution in [0, 0.1) is 6.92 Å². The maximum Gasteiger partial charge on any atom is 0.0650 e. The third-order valence-electron chi connectivity index (χ3n) is 1.59. The fraction of sp³-hybridized carbons (Fsp3) is 0.375. The predicted octanol–water partition coefficient (Wildman–Crippen LogP) is 4.05. The average Bonchev–Trinajstić information content (AvgIpc) is 2.09. The Balaban J connectivity index is 0.00000144. The topological polar surface area (TPSA) is 12.9 Å². The SMILES string of the molecule is Cc1nc(CCl)c(CCl)cc1Br.Cl. The second kappa shape index (κ2) is 6.07. The number of hydrogen-bond donors (Lipinski definition) is 0. The molecule has 74 valence electrons. The standard InChI is InChI=1S/C8H8BrCl2N.ClH/c1-5-7(9)2-6(3-10)8(4-11)12-5;/h2H,3-4H2,1H3;1H. The molecule has 0 N–H and O–H groups in total. The summed E-state index contributed by atoms with van der Waals surface area (Å²) in [5.41, 5.74) is 2.80. The van der Waals surface area contributed by atoms with E-state index in [0.717, 1.165) is 21.4 Å². The highest BCUT2D eigenvalue weighted by atomic mass is 79.9. The molecule has 1 rings (SSSR count). The van der Waals surface area contributed by atoms with Crippen molar-refractivity contribution >= 4 is 51.5 Å². The van der Waals surface area contributed by atoms with E-state index in [2.05, 4.69) is 20.9 Å². The second-order valence-electron chi connectivity index (χ2n) is 2.43. The molecule has 0 amide bonds. The van der Waals surface area contributed by atoms with Gasteiger partial charge < -0.3 is 0 Å². The number of hydrogen-bond acceptors (Lipinski definition) is 1. The van der Waals surface area contributed by atoms with Crippen LogP contribution in [-0.4, -0.2) is 4.98 Å². The highest BCUT2D eigenvalue weighted by Crippen LogP contribution is 2.20. The molecular formula is C8H9BrCl3N. The smallest absolute Gasteiger partial charge is 0.0650 e. The molecule has 0 aliphatic rings. The van der Waals surface area contributed by atoms with Gasteiger partial charge in [0.2, 0.25) is 0 Å². The summed E-state index contributed by atoms with van der Waals surface area (Å²) < 4.78 is 0.979. The zero-order chi connectivity index (χ0) is 9.14. The Hall–Kier alpha value is 0.500. The molecule has 0 aromatic carbocycles. The maximum absolute atomic E-state index is 5.72. The van der Waals surface area contributed by atoms with Crippen molar-refractivity contribution in [1.82, 2.24) is 4.98 Å². The fourth-order valence-corrected chi connectivity index (χ4v) is 1.73. The fourth-order valence-electron chi connectivity index (χ4n) is 0.900. The van der Waals surface area contributed by atoms with Crippen LogP contribution in [0.3, 0.4) is 0 Å². The molecule has 0 atom stereocenters. The Kier molecular flexibility index (Phi) is 6.31. The van der Waals surface area contributed by atoms with Crippen LogP contribution in [0.2, 0.25) is 0 Å². The van der Waals surface area contributed by atoms with Crippen molar-refractivity contribution in [2.45, 2.75) is 18.7 Å². The predicted molar refractivity (Wildman–Crippen MR) is 63.0 cm³/mol. The lowest BCUT2D eigenvalue weighted by atomic mass is 10.2. The molecule has 5 heteroatoms. The molecule has 0 aliphatic heterocycles. The Morgan fingerprint density at radius 3 is 2.46 bits per heavy atom. The number of pyridine rings is 1. The van der Waals surface area contributed by atoms with Gasteiger partial charge >= 0.3 is 0 Å². The summed E-state index contributed by atoms with van der Waals surface area (Å²) in [6.45, 7) is 1.93. The van der Waals surface area contributed by atoms with Crippen molar-refractivity contribution in [2.75, 3.05) is 0 Å². The van der Waals surface area contributed by atoms with Crippen molar-refractivity contribution < 1.29 is 0 Å². The highest BCUT2D eigenvalue weighted by molar-refractivity contribution is 9.10. The molecule has 0 radical (unpaired) electrons. The number of rotatable bonds is 2. The second-order valence-corrected chi connectivity index (χ2v) is 3.82. The van der Waals surface area contributed by atoms with E-state index in [1.807, 2.05) is 13.0 Å². The van der Waals surface area contributed by atoms with E-state index in [1.54, 1.807) is 0 Å². The minimum atomic E-state index is 0. The summed E-state index contributed by atoms with van der Waals surface area (Å²) in [6, 6.07) is 1.97. The first-order valence-corrected chi connectivity index (χ1v) is 5.32. The molecule has 0 unspecified atom stereocenters. The summed E-state index contributed by atoms with van der Waals surface area (Å²) in [5, 5.41) is 0. The first-order chi connectivity index (χ1) is 5.69. The monoisotopic (exact) mass is 303 g/mol. The molecule has 13 heavy (non-hydrogen) atoms. The van der Waals surface area contributed by atoms with Crippen LogP contribution in [0.5, 0.6) is 0 Å². The number of nitrogens with zero attached hydrogens (tertiary/aromatic N) is 1. The van der Waals surface area contributed by atoms with Crippen LogP contribution >= 0.6 is 51.5 Å². The molecule has 1 aromatic rings. The van der Waals surface area contributed by atoms with E-state index in [-0.39, 0.29) is 12.4 Å². The van der Waals surface area contributed by atoms with Gasteiger partial charge in [-0.25, -0.2) is 0 Å². The first kappa shape index (κ1) is 13.5. The molecule has 0 saturated heterocycles. The Morgan fingerprint density at radius 1 is 1.38 bits per heavy atom. The molecule has 1 aromatic heterocycles.